The first-order valence-electron chi connectivity index (χ1n) is 6.64. The Balaban J connectivity index is 2.20. The first-order valence-corrected chi connectivity index (χ1v) is 8.08. The lowest BCUT2D eigenvalue weighted by molar-refractivity contribution is 0.341. The Labute approximate surface area is 111 Å². The van der Waals surface area contributed by atoms with E-state index in [2.05, 4.69) is 14.9 Å². The molecule has 1 rings (SSSR count). The zero-order chi connectivity index (χ0) is 13.4. The van der Waals surface area contributed by atoms with E-state index < -0.39 is 10.2 Å². The number of likely N-dealkylation sites (tertiary alicyclic amines) is 1. The van der Waals surface area contributed by atoms with Gasteiger partial charge >= 0.3 is 0 Å². The number of hydrogen-bond acceptors (Lipinski definition) is 4. The maximum Gasteiger partial charge on any atom is 0.279 e. The fraction of sp³-hybridized carbons (Fsp3) is 1.00. The zero-order valence-electron chi connectivity index (χ0n) is 11.5. The summed E-state index contributed by atoms with van der Waals surface area (Å²) in [5, 5.41) is 3.01. The average Bonchev–Trinajstić information content (AvgIpc) is 2.82. The minimum absolute atomic E-state index is 0.499. The quantitative estimate of drug-likeness (QED) is 0.556. The molecular weight excluding hydrogens is 252 g/mol. The predicted octanol–water partition coefficient (Wildman–Crippen LogP) is -0.542. The van der Waals surface area contributed by atoms with E-state index in [9.17, 15) is 8.42 Å². The van der Waals surface area contributed by atoms with Crippen molar-refractivity contribution in [3.05, 3.63) is 0 Å². The van der Waals surface area contributed by atoms with Crippen molar-refractivity contribution in [3.8, 4) is 0 Å². The van der Waals surface area contributed by atoms with Gasteiger partial charge in [-0.3, -0.25) is 0 Å². The van der Waals surface area contributed by atoms with Crippen molar-refractivity contribution in [3.63, 3.8) is 0 Å². The van der Waals surface area contributed by atoms with Crippen LogP contribution in [0.2, 0.25) is 0 Å². The summed E-state index contributed by atoms with van der Waals surface area (Å²) in [6.45, 7) is 4.87. The van der Waals surface area contributed by atoms with Crippen LogP contribution in [0.25, 0.3) is 0 Å². The summed E-state index contributed by atoms with van der Waals surface area (Å²) in [7, 11) is 0.179. The van der Waals surface area contributed by atoms with Gasteiger partial charge in [0.25, 0.3) is 10.2 Å². The molecule has 0 aromatic carbocycles. The van der Waals surface area contributed by atoms with E-state index in [1.807, 2.05) is 7.05 Å². The molecule has 7 heteroatoms. The van der Waals surface area contributed by atoms with Gasteiger partial charge in [-0.1, -0.05) is 0 Å². The second-order valence-electron chi connectivity index (χ2n) is 4.73. The summed E-state index contributed by atoms with van der Waals surface area (Å²) in [5.74, 6) is 0. The molecule has 0 saturated carbocycles. The third kappa shape index (κ3) is 5.62. The van der Waals surface area contributed by atoms with E-state index in [1.54, 1.807) is 7.05 Å². The molecule has 6 nitrogen and oxygen atoms in total. The maximum absolute atomic E-state index is 11.9. The normalized spacial score (nSPS) is 17.7. The van der Waals surface area contributed by atoms with Gasteiger partial charge in [-0.15, -0.1) is 0 Å². The summed E-state index contributed by atoms with van der Waals surface area (Å²) in [5.41, 5.74) is 0. The van der Waals surface area contributed by atoms with E-state index in [-0.39, 0.29) is 0 Å². The van der Waals surface area contributed by atoms with Crippen LogP contribution in [0.5, 0.6) is 0 Å². The van der Waals surface area contributed by atoms with Gasteiger partial charge in [-0.25, -0.2) is 4.72 Å². The molecule has 18 heavy (non-hydrogen) atoms. The van der Waals surface area contributed by atoms with E-state index in [0.29, 0.717) is 13.1 Å². The monoisotopic (exact) mass is 278 g/mol. The molecule has 0 aromatic heterocycles. The Hall–Kier alpha value is -0.210. The average molecular weight is 278 g/mol. The summed E-state index contributed by atoms with van der Waals surface area (Å²) < 4.78 is 27.8. The first-order chi connectivity index (χ1) is 8.56. The van der Waals surface area contributed by atoms with Crippen molar-refractivity contribution in [1.29, 1.82) is 0 Å². The molecule has 0 radical (unpaired) electrons. The van der Waals surface area contributed by atoms with Gasteiger partial charge < -0.3 is 10.2 Å². The van der Waals surface area contributed by atoms with Crippen LogP contribution in [0.4, 0.5) is 0 Å². The van der Waals surface area contributed by atoms with Crippen LogP contribution in [0.1, 0.15) is 19.3 Å². The van der Waals surface area contributed by atoms with Crippen LogP contribution in [0.15, 0.2) is 0 Å². The third-order valence-corrected chi connectivity index (χ3v) is 4.79. The Bertz CT molecular complexity index is 315. The molecule has 0 bridgehead atoms. The lowest BCUT2D eigenvalue weighted by Crippen LogP contribution is -2.42. The van der Waals surface area contributed by atoms with Crippen molar-refractivity contribution in [2.45, 2.75) is 19.3 Å². The van der Waals surface area contributed by atoms with E-state index in [4.69, 9.17) is 0 Å². The highest BCUT2D eigenvalue weighted by molar-refractivity contribution is 7.87. The lowest BCUT2D eigenvalue weighted by Gasteiger charge is -2.19. The third-order valence-electron chi connectivity index (χ3n) is 3.22. The molecule has 0 unspecified atom stereocenters. The van der Waals surface area contributed by atoms with E-state index in [0.717, 1.165) is 32.6 Å². The second-order valence-corrected chi connectivity index (χ2v) is 6.59. The van der Waals surface area contributed by atoms with Crippen molar-refractivity contribution in [2.24, 2.45) is 0 Å². The Kier molecular flexibility index (Phi) is 7.10. The molecule has 0 atom stereocenters. The van der Waals surface area contributed by atoms with Crippen LogP contribution in [0.3, 0.4) is 0 Å². The summed E-state index contributed by atoms with van der Waals surface area (Å²) in [6.07, 6.45) is 3.29. The molecule has 0 aromatic rings. The number of hydrogen-bond donors (Lipinski definition) is 2. The van der Waals surface area contributed by atoms with Gasteiger partial charge in [0.1, 0.15) is 0 Å². The highest BCUT2D eigenvalue weighted by Gasteiger charge is 2.17. The Morgan fingerprint density at radius 2 is 1.89 bits per heavy atom. The summed E-state index contributed by atoms with van der Waals surface area (Å²) >= 11 is 0. The second kappa shape index (κ2) is 8.06. The molecule has 1 fully saturated rings. The Morgan fingerprint density at radius 3 is 2.50 bits per heavy atom. The minimum atomic E-state index is -3.30. The number of rotatable bonds is 9. The van der Waals surface area contributed by atoms with Gasteiger partial charge in [-0.2, -0.15) is 12.7 Å². The standard InChI is InChI=1S/C11H26N4O2S/c1-12-6-5-8-14(2)18(16,17)13-7-11-15-9-3-4-10-15/h12-13H,3-11H2,1-2H3. The summed E-state index contributed by atoms with van der Waals surface area (Å²) in [6, 6.07) is 0. The largest absolute Gasteiger partial charge is 0.320 e. The van der Waals surface area contributed by atoms with E-state index in [1.165, 1.54) is 17.1 Å². The van der Waals surface area contributed by atoms with Gasteiger partial charge in [-0.05, 0) is 45.9 Å². The fourth-order valence-corrected chi connectivity index (χ4v) is 2.99. The molecule has 1 saturated heterocycles. The topological polar surface area (TPSA) is 64.7 Å². The molecule has 1 heterocycles. The molecule has 0 aliphatic carbocycles. The SMILES string of the molecule is CNCCCN(C)S(=O)(=O)NCCN1CCCC1. The van der Waals surface area contributed by atoms with Crippen molar-refractivity contribution >= 4 is 10.2 Å². The molecule has 1 aliphatic heterocycles. The van der Waals surface area contributed by atoms with Crippen molar-refractivity contribution in [2.75, 3.05) is 53.4 Å². The van der Waals surface area contributed by atoms with Gasteiger partial charge in [0.15, 0.2) is 0 Å². The summed E-state index contributed by atoms with van der Waals surface area (Å²) in [4.78, 5) is 2.30. The zero-order valence-corrected chi connectivity index (χ0v) is 12.3. The van der Waals surface area contributed by atoms with Gasteiger partial charge in [0.2, 0.25) is 0 Å². The van der Waals surface area contributed by atoms with Crippen LogP contribution < -0.4 is 10.0 Å². The van der Waals surface area contributed by atoms with Gasteiger partial charge in [0, 0.05) is 26.7 Å². The van der Waals surface area contributed by atoms with E-state index >= 15 is 0 Å². The highest BCUT2D eigenvalue weighted by Crippen LogP contribution is 2.05. The van der Waals surface area contributed by atoms with Crippen LogP contribution in [-0.2, 0) is 10.2 Å². The lowest BCUT2D eigenvalue weighted by atomic mass is 10.4. The molecule has 0 amide bonds. The van der Waals surface area contributed by atoms with Crippen molar-refractivity contribution < 1.29 is 8.42 Å². The minimum Gasteiger partial charge on any atom is -0.320 e. The fourth-order valence-electron chi connectivity index (χ4n) is 2.05. The van der Waals surface area contributed by atoms with Gasteiger partial charge in [0.05, 0.1) is 0 Å². The number of nitrogens with one attached hydrogen (secondary N) is 2. The molecular formula is C11H26N4O2S. The van der Waals surface area contributed by atoms with Crippen LogP contribution >= 0.6 is 0 Å². The number of nitrogens with zero attached hydrogens (tertiary/aromatic N) is 2. The molecule has 2 N–H and O–H groups in total. The first kappa shape index (κ1) is 15.8. The highest BCUT2D eigenvalue weighted by atomic mass is 32.2. The molecule has 108 valence electrons. The maximum atomic E-state index is 11.9. The van der Waals surface area contributed by atoms with Crippen LogP contribution in [0, 0.1) is 0 Å². The predicted molar refractivity (Wildman–Crippen MR) is 73.8 cm³/mol. The molecule has 1 aliphatic rings. The smallest absolute Gasteiger partial charge is 0.279 e. The Morgan fingerprint density at radius 1 is 1.22 bits per heavy atom. The van der Waals surface area contributed by atoms with Crippen molar-refractivity contribution in [1.82, 2.24) is 19.2 Å². The molecule has 0 spiro atoms. The van der Waals surface area contributed by atoms with Crippen LogP contribution in [-0.4, -0.2) is 71.0 Å².